The van der Waals surface area contributed by atoms with Gasteiger partial charge in [-0.2, -0.15) is 5.26 Å². The minimum Gasteiger partial charge on any atom is -0.453 e. The summed E-state index contributed by atoms with van der Waals surface area (Å²) in [5.41, 5.74) is -0.985. The van der Waals surface area contributed by atoms with E-state index in [2.05, 4.69) is 25.5 Å². The van der Waals surface area contributed by atoms with Crippen LogP contribution in [0.2, 0.25) is 0 Å². The van der Waals surface area contributed by atoms with Gasteiger partial charge in [0.25, 0.3) is 0 Å². The van der Waals surface area contributed by atoms with E-state index in [4.69, 9.17) is 11.8 Å². The summed E-state index contributed by atoms with van der Waals surface area (Å²) in [4.78, 5) is 42.5. The van der Waals surface area contributed by atoms with Crippen LogP contribution in [0.1, 0.15) is 21.7 Å². The smallest absolute Gasteiger partial charge is 0.407 e. The van der Waals surface area contributed by atoms with Crippen LogP contribution < -0.4 is 16.0 Å². The Kier molecular flexibility index (Phi) is 9.96. The standard InChI is InChI=1S/C23H25N5O6S2/c1-25-17-6-4-5-16(11-17)12-23(28-22(31)34-2,9-10-36(3,32)33)21(30)27-15-20(29)26-14-19-8-7-18(13-24)35-19/h4-8,11H,9-10,12,14-15H2,2-3H3,(H,26,29)(H,27,30)(H,28,31). The quantitative estimate of drug-likeness (QED) is 0.372. The third kappa shape index (κ3) is 8.69. The molecule has 1 unspecified atom stereocenters. The van der Waals surface area contributed by atoms with Crippen LogP contribution in [0, 0.1) is 17.9 Å². The maximum absolute atomic E-state index is 13.4. The molecule has 0 saturated heterocycles. The number of hydrogen-bond donors (Lipinski definition) is 3. The third-order valence-corrected chi connectivity index (χ3v) is 6.98. The first-order valence-electron chi connectivity index (χ1n) is 10.5. The highest BCUT2D eigenvalue weighted by atomic mass is 32.2. The van der Waals surface area contributed by atoms with Gasteiger partial charge in [-0.3, -0.25) is 9.59 Å². The molecule has 0 fully saturated rings. The molecule has 1 heterocycles. The van der Waals surface area contributed by atoms with Gasteiger partial charge in [-0.15, -0.1) is 11.3 Å². The van der Waals surface area contributed by atoms with E-state index in [1.165, 1.54) is 17.4 Å². The summed E-state index contributed by atoms with van der Waals surface area (Å²) in [5.74, 6) is -1.75. The molecule has 3 amide bonds. The molecule has 0 spiro atoms. The third-order valence-electron chi connectivity index (χ3n) is 5.05. The van der Waals surface area contributed by atoms with Crippen LogP contribution in [0.4, 0.5) is 10.5 Å². The average molecular weight is 532 g/mol. The van der Waals surface area contributed by atoms with E-state index in [9.17, 15) is 22.8 Å². The van der Waals surface area contributed by atoms with E-state index in [1.54, 1.807) is 30.3 Å². The van der Waals surface area contributed by atoms with Crippen LogP contribution in [0.25, 0.3) is 4.85 Å². The molecule has 0 saturated carbocycles. The van der Waals surface area contributed by atoms with Crippen molar-refractivity contribution < 1.29 is 27.5 Å². The number of carbonyl (C=O) groups is 3. The molecule has 0 aliphatic carbocycles. The van der Waals surface area contributed by atoms with E-state index in [0.717, 1.165) is 18.2 Å². The number of sulfone groups is 1. The molecule has 36 heavy (non-hydrogen) atoms. The second-order valence-corrected chi connectivity index (χ2v) is 11.3. The van der Waals surface area contributed by atoms with E-state index < -0.39 is 45.6 Å². The first kappa shape index (κ1) is 28.3. The Labute approximate surface area is 213 Å². The van der Waals surface area contributed by atoms with Crippen molar-refractivity contribution in [2.24, 2.45) is 0 Å². The van der Waals surface area contributed by atoms with Gasteiger partial charge in [0.15, 0.2) is 5.69 Å². The predicted octanol–water partition coefficient (Wildman–Crippen LogP) is 1.68. The second kappa shape index (κ2) is 12.7. The van der Waals surface area contributed by atoms with Gasteiger partial charge < -0.3 is 20.7 Å². The number of nitrogens with one attached hydrogen (secondary N) is 3. The normalized spacial score (nSPS) is 12.3. The number of alkyl carbamates (subject to hydrolysis) is 1. The molecule has 1 aromatic carbocycles. The van der Waals surface area contributed by atoms with Gasteiger partial charge in [0.2, 0.25) is 11.8 Å². The first-order chi connectivity index (χ1) is 17.0. The fourth-order valence-corrected chi connectivity index (χ4v) is 4.71. The Hall–Kier alpha value is -3.94. The highest BCUT2D eigenvalue weighted by Crippen LogP contribution is 2.23. The van der Waals surface area contributed by atoms with Crippen molar-refractivity contribution in [2.45, 2.75) is 24.9 Å². The van der Waals surface area contributed by atoms with Gasteiger partial charge in [-0.05, 0) is 18.6 Å². The van der Waals surface area contributed by atoms with Crippen LogP contribution >= 0.6 is 11.3 Å². The summed E-state index contributed by atoms with van der Waals surface area (Å²) in [6, 6.07) is 11.7. The number of rotatable bonds is 11. The molecular formula is C23H25N5O6S2. The fraction of sp³-hybridized carbons (Fsp3) is 0.348. The fourth-order valence-electron chi connectivity index (χ4n) is 3.25. The van der Waals surface area contributed by atoms with Crippen molar-refractivity contribution >= 4 is 44.8 Å². The number of benzene rings is 1. The zero-order valence-electron chi connectivity index (χ0n) is 19.7. The molecule has 3 N–H and O–H groups in total. The lowest BCUT2D eigenvalue weighted by Gasteiger charge is -2.33. The highest BCUT2D eigenvalue weighted by Gasteiger charge is 2.41. The summed E-state index contributed by atoms with van der Waals surface area (Å²) in [6.45, 7) is 6.92. The monoisotopic (exact) mass is 531 g/mol. The lowest BCUT2D eigenvalue weighted by Crippen LogP contribution is -2.61. The van der Waals surface area contributed by atoms with Crippen LogP contribution in [0.15, 0.2) is 36.4 Å². The molecule has 0 aliphatic rings. The van der Waals surface area contributed by atoms with Crippen molar-refractivity contribution in [3.05, 3.63) is 63.1 Å². The first-order valence-corrected chi connectivity index (χ1v) is 13.4. The Morgan fingerprint density at radius 3 is 2.58 bits per heavy atom. The number of hydrogen-bond acceptors (Lipinski definition) is 8. The minimum absolute atomic E-state index is 0.152. The zero-order chi connectivity index (χ0) is 26.8. The van der Waals surface area contributed by atoms with E-state index >= 15 is 0 Å². The van der Waals surface area contributed by atoms with Gasteiger partial charge in [-0.25, -0.2) is 18.1 Å². The largest absolute Gasteiger partial charge is 0.453 e. The van der Waals surface area contributed by atoms with Gasteiger partial charge in [0.1, 0.15) is 26.3 Å². The SMILES string of the molecule is [C-]#[N+]c1cccc(CC(CCS(C)(=O)=O)(NC(=O)OC)C(=O)NCC(=O)NCc2ccc(C#N)s2)c1. The average Bonchev–Trinajstić information content (AvgIpc) is 3.32. The van der Waals surface area contributed by atoms with Gasteiger partial charge >= 0.3 is 6.09 Å². The molecule has 2 aromatic rings. The number of ether oxygens (including phenoxy) is 1. The summed E-state index contributed by atoms with van der Waals surface area (Å²) >= 11 is 1.22. The topological polar surface area (TPSA) is 159 Å². The molecule has 1 atom stereocenters. The number of thiophene rings is 1. The summed E-state index contributed by atoms with van der Waals surface area (Å²) < 4.78 is 28.5. The van der Waals surface area contributed by atoms with Crippen molar-refractivity contribution in [1.82, 2.24) is 16.0 Å². The highest BCUT2D eigenvalue weighted by molar-refractivity contribution is 7.90. The number of carbonyl (C=O) groups excluding carboxylic acids is 3. The molecule has 2 rings (SSSR count). The molecule has 0 aliphatic heterocycles. The van der Waals surface area contributed by atoms with Crippen molar-refractivity contribution in [3.63, 3.8) is 0 Å². The van der Waals surface area contributed by atoms with Crippen molar-refractivity contribution in [3.8, 4) is 6.07 Å². The maximum atomic E-state index is 13.4. The lowest BCUT2D eigenvalue weighted by atomic mass is 9.86. The van der Waals surface area contributed by atoms with Gasteiger partial charge in [0.05, 0.1) is 32.5 Å². The van der Waals surface area contributed by atoms with Crippen LogP contribution in [0.3, 0.4) is 0 Å². The number of amides is 3. The molecule has 0 radical (unpaired) electrons. The number of nitriles is 1. The van der Waals surface area contributed by atoms with E-state index in [-0.39, 0.29) is 19.4 Å². The molecular weight excluding hydrogens is 506 g/mol. The van der Waals surface area contributed by atoms with E-state index in [0.29, 0.717) is 16.1 Å². The van der Waals surface area contributed by atoms with Crippen molar-refractivity contribution in [1.29, 1.82) is 5.26 Å². The summed E-state index contributed by atoms with van der Waals surface area (Å²) in [5, 5.41) is 16.4. The molecule has 11 nitrogen and oxygen atoms in total. The predicted molar refractivity (Wildman–Crippen MR) is 133 cm³/mol. The minimum atomic E-state index is -3.53. The van der Waals surface area contributed by atoms with Gasteiger partial charge in [-0.1, -0.05) is 29.8 Å². The second-order valence-electron chi connectivity index (χ2n) is 7.87. The molecule has 0 bridgehead atoms. The Morgan fingerprint density at radius 2 is 1.97 bits per heavy atom. The molecule has 1 aromatic heterocycles. The number of nitrogens with zero attached hydrogens (tertiary/aromatic N) is 2. The van der Waals surface area contributed by atoms with Crippen LogP contribution in [-0.4, -0.2) is 57.5 Å². The Bertz CT molecular complexity index is 1310. The number of methoxy groups -OCH3 is 1. The zero-order valence-corrected chi connectivity index (χ0v) is 21.3. The Morgan fingerprint density at radius 1 is 1.22 bits per heavy atom. The summed E-state index contributed by atoms with van der Waals surface area (Å²) in [6.07, 6.45) is -0.414. The van der Waals surface area contributed by atoms with Crippen LogP contribution in [-0.2, 0) is 37.1 Å². The Balaban J connectivity index is 2.24. The lowest BCUT2D eigenvalue weighted by molar-refractivity contribution is -0.130. The maximum Gasteiger partial charge on any atom is 0.407 e. The van der Waals surface area contributed by atoms with Crippen molar-refractivity contribution in [2.75, 3.05) is 25.7 Å². The van der Waals surface area contributed by atoms with Crippen LogP contribution in [0.5, 0.6) is 0 Å². The summed E-state index contributed by atoms with van der Waals surface area (Å²) in [7, 11) is -2.43. The molecule has 190 valence electrons. The van der Waals surface area contributed by atoms with Gasteiger partial charge in [0, 0.05) is 17.6 Å². The molecule has 13 heteroatoms. The van der Waals surface area contributed by atoms with E-state index in [1.807, 2.05) is 6.07 Å².